The molecule has 10 nitrogen and oxygen atoms in total. The lowest BCUT2D eigenvalue weighted by Crippen LogP contribution is -2.40. The molecule has 0 unspecified atom stereocenters. The van der Waals surface area contributed by atoms with E-state index in [1.165, 1.54) is 58.8 Å². The van der Waals surface area contributed by atoms with Crippen LogP contribution in [-0.2, 0) is 29.6 Å². The first-order valence-corrected chi connectivity index (χ1v) is 13.3. The lowest BCUT2D eigenvalue weighted by Gasteiger charge is -2.26. The van der Waals surface area contributed by atoms with E-state index in [4.69, 9.17) is 9.47 Å². The number of nitrogens with one attached hydrogen (secondary N) is 1. The number of nitrogens with zero attached hydrogens (tertiary/aromatic N) is 2. The summed E-state index contributed by atoms with van der Waals surface area (Å²) in [4.78, 5) is 13.7. The topological polar surface area (TPSA) is 122 Å². The van der Waals surface area contributed by atoms with Gasteiger partial charge in [-0.3, -0.25) is 9.52 Å². The van der Waals surface area contributed by atoms with Crippen LogP contribution in [0.1, 0.15) is 12.8 Å². The molecule has 2 saturated heterocycles. The Balaban J connectivity index is 1.56. The summed E-state index contributed by atoms with van der Waals surface area (Å²) in [7, 11) is -6.22. The molecule has 178 valence electrons. The summed E-state index contributed by atoms with van der Waals surface area (Å²) in [6, 6.07) is 9.84. The number of ether oxygens (including phenoxy) is 2. The maximum Gasteiger partial charge on any atom is 0.261 e. The third-order valence-corrected chi connectivity index (χ3v) is 8.83. The molecule has 2 aliphatic heterocycles. The minimum atomic E-state index is -4.00. The van der Waals surface area contributed by atoms with Crippen LogP contribution in [0.15, 0.2) is 52.3 Å². The largest absolute Gasteiger partial charge is 0.495 e. The van der Waals surface area contributed by atoms with E-state index in [2.05, 4.69) is 4.72 Å². The van der Waals surface area contributed by atoms with Crippen molar-refractivity contribution in [3.63, 3.8) is 0 Å². The summed E-state index contributed by atoms with van der Waals surface area (Å²) in [5.74, 6) is 0.315. The predicted octanol–water partition coefficient (Wildman–Crippen LogP) is 1.64. The number of benzene rings is 2. The van der Waals surface area contributed by atoms with Crippen molar-refractivity contribution in [2.24, 2.45) is 0 Å². The number of amides is 1. The number of morpholine rings is 1. The molecular formula is C21H25N3O7S2. The fraction of sp³-hybridized carbons (Fsp3) is 0.381. The number of sulfonamides is 2. The first kappa shape index (κ1) is 23.5. The SMILES string of the molecule is COc1ccc(S(=O)(=O)Nc2ccc(S(=O)(=O)N3CCOCC3)cc2)cc1N1CCCC1=O. The molecule has 0 saturated carbocycles. The highest BCUT2D eigenvalue weighted by Gasteiger charge is 2.28. The molecule has 2 aromatic carbocycles. The Bertz CT molecular complexity index is 1240. The molecule has 0 spiro atoms. The second-order valence-electron chi connectivity index (χ2n) is 7.63. The number of methoxy groups -OCH3 is 1. The van der Waals surface area contributed by atoms with Crippen molar-refractivity contribution < 1.29 is 31.1 Å². The van der Waals surface area contributed by atoms with E-state index < -0.39 is 20.0 Å². The van der Waals surface area contributed by atoms with E-state index in [1.807, 2.05) is 0 Å². The van der Waals surface area contributed by atoms with Crippen molar-refractivity contribution in [2.45, 2.75) is 22.6 Å². The summed E-state index contributed by atoms with van der Waals surface area (Å²) in [6.45, 7) is 1.71. The summed E-state index contributed by atoms with van der Waals surface area (Å²) >= 11 is 0. The van der Waals surface area contributed by atoms with Gasteiger partial charge in [0.2, 0.25) is 15.9 Å². The number of carbonyl (C=O) groups excluding carboxylic acids is 1. The smallest absolute Gasteiger partial charge is 0.261 e. The Kier molecular flexibility index (Phi) is 6.61. The summed E-state index contributed by atoms with van der Waals surface area (Å²) in [5.41, 5.74) is 0.611. The molecular weight excluding hydrogens is 470 g/mol. The summed E-state index contributed by atoms with van der Waals surface area (Å²) in [5, 5.41) is 0. The molecule has 0 bridgehead atoms. The molecule has 2 aromatic rings. The lowest BCUT2D eigenvalue weighted by atomic mass is 10.2. The number of anilines is 2. The maximum atomic E-state index is 13.0. The molecule has 2 heterocycles. The number of carbonyl (C=O) groups is 1. The molecule has 33 heavy (non-hydrogen) atoms. The Morgan fingerprint density at radius 1 is 0.939 bits per heavy atom. The monoisotopic (exact) mass is 495 g/mol. The van der Waals surface area contributed by atoms with Crippen LogP contribution in [0.2, 0.25) is 0 Å². The molecule has 12 heteroatoms. The zero-order valence-corrected chi connectivity index (χ0v) is 19.7. The molecule has 0 aliphatic carbocycles. The van der Waals surface area contributed by atoms with Crippen molar-refractivity contribution in [2.75, 3.05) is 49.6 Å². The molecule has 2 aliphatic rings. The molecule has 1 N–H and O–H groups in total. The third kappa shape index (κ3) is 4.83. The van der Waals surface area contributed by atoms with Gasteiger partial charge >= 0.3 is 0 Å². The average molecular weight is 496 g/mol. The van der Waals surface area contributed by atoms with Crippen LogP contribution in [0, 0.1) is 0 Å². The zero-order valence-electron chi connectivity index (χ0n) is 18.1. The van der Waals surface area contributed by atoms with Gasteiger partial charge in [-0.1, -0.05) is 0 Å². The predicted molar refractivity (Wildman–Crippen MR) is 121 cm³/mol. The normalized spacial score (nSPS) is 17.8. The van der Waals surface area contributed by atoms with Crippen LogP contribution < -0.4 is 14.4 Å². The van der Waals surface area contributed by atoms with Crippen LogP contribution in [0.5, 0.6) is 5.75 Å². The molecule has 0 radical (unpaired) electrons. The molecule has 0 aromatic heterocycles. The molecule has 1 amide bonds. The van der Waals surface area contributed by atoms with Crippen molar-refractivity contribution in [3.05, 3.63) is 42.5 Å². The second-order valence-corrected chi connectivity index (χ2v) is 11.2. The number of rotatable bonds is 7. The van der Waals surface area contributed by atoms with Gasteiger partial charge in [0.05, 0.1) is 35.8 Å². The standard InChI is InChI=1S/C21H25N3O7S2/c1-30-20-9-8-18(15-19(20)24-10-2-3-21(24)25)32(26,27)22-16-4-6-17(7-5-16)33(28,29)23-11-13-31-14-12-23/h4-9,15,22H,2-3,10-14H2,1H3. The van der Waals surface area contributed by atoms with E-state index >= 15 is 0 Å². The van der Waals surface area contributed by atoms with Crippen LogP contribution >= 0.6 is 0 Å². The van der Waals surface area contributed by atoms with Gasteiger partial charge in [0, 0.05) is 31.7 Å². The molecule has 2 fully saturated rings. The number of hydrogen-bond acceptors (Lipinski definition) is 7. The van der Waals surface area contributed by atoms with E-state index in [1.54, 1.807) is 0 Å². The van der Waals surface area contributed by atoms with Crippen LogP contribution in [0.3, 0.4) is 0 Å². The van der Waals surface area contributed by atoms with Gasteiger partial charge in [0.1, 0.15) is 5.75 Å². The minimum absolute atomic E-state index is 0.0389. The zero-order chi connectivity index (χ0) is 23.6. The molecule has 0 atom stereocenters. The van der Waals surface area contributed by atoms with Gasteiger partial charge in [-0.15, -0.1) is 0 Å². The maximum absolute atomic E-state index is 13.0. The highest BCUT2D eigenvalue weighted by atomic mass is 32.2. The first-order chi connectivity index (χ1) is 15.7. The van der Waals surface area contributed by atoms with E-state index in [9.17, 15) is 21.6 Å². The van der Waals surface area contributed by atoms with Crippen molar-refractivity contribution in [3.8, 4) is 5.75 Å². The summed E-state index contributed by atoms with van der Waals surface area (Å²) < 4.78 is 65.8. The molecule has 4 rings (SSSR count). The Morgan fingerprint density at radius 2 is 1.61 bits per heavy atom. The lowest BCUT2D eigenvalue weighted by molar-refractivity contribution is -0.117. The Hall–Kier alpha value is -2.67. The van der Waals surface area contributed by atoms with Gasteiger partial charge < -0.3 is 14.4 Å². The van der Waals surface area contributed by atoms with Crippen molar-refractivity contribution in [1.82, 2.24) is 4.31 Å². The van der Waals surface area contributed by atoms with Gasteiger partial charge in [-0.25, -0.2) is 16.8 Å². The highest BCUT2D eigenvalue weighted by Crippen LogP contribution is 2.34. The second kappa shape index (κ2) is 9.29. The summed E-state index contributed by atoms with van der Waals surface area (Å²) in [6.07, 6.45) is 1.09. The van der Waals surface area contributed by atoms with Gasteiger partial charge in [-0.2, -0.15) is 4.31 Å². The third-order valence-electron chi connectivity index (χ3n) is 5.54. The first-order valence-electron chi connectivity index (χ1n) is 10.4. The van der Waals surface area contributed by atoms with Gasteiger partial charge in [0.15, 0.2) is 0 Å². The van der Waals surface area contributed by atoms with Crippen LogP contribution in [0.25, 0.3) is 0 Å². The van der Waals surface area contributed by atoms with Crippen molar-refractivity contribution >= 4 is 37.3 Å². The van der Waals surface area contributed by atoms with Crippen LogP contribution in [-0.4, -0.2) is 67.0 Å². The van der Waals surface area contributed by atoms with Gasteiger partial charge in [0.25, 0.3) is 10.0 Å². The Labute approximate surface area is 193 Å². The van der Waals surface area contributed by atoms with E-state index in [-0.39, 0.29) is 34.5 Å². The van der Waals surface area contributed by atoms with Crippen molar-refractivity contribution in [1.29, 1.82) is 0 Å². The fourth-order valence-corrected chi connectivity index (χ4v) is 6.28. The Morgan fingerprint density at radius 3 is 2.21 bits per heavy atom. The highest BCUT2D eigenvalue weighted by molar-refractivity contribution is 7.92. The van der Waals surface area contributed by atoms with E-state index in [0.717, 1.165) is 0 Å². The average Bonchev–Trinajstić information content (AvgIpc) is 3.25. The van der Waals surface area contributed by atoms with Crippen LogP contribution in [0.4, 0.5) is 11.4 Å². The van der Waals surface area contributed by atoms with Gasteiger partial charge in [-0.05, 0) is 48.9 Å². The quantitative estimate of drug-likeness (QED) is 0.620. The number of hydrogen-bond donors (Lipinski definition) is 1. The van der Waals surface area contributed by atoms with E-state index in [0.29, 0.717) is 44.0 Å². The fourth-order valence-electron chi connectivity index (χ4n) is 3.80. The minimum Gasteiger partial charge on any atom is -0.495 e.